The maximum atomic E-state index is 11.5. The van der Waals surface area contributed by atoms with Crippen molar-refractivity contribution in [3.63, 3.8) is 0 Å². The summed E-state index contributed by atoms with van der Waals surface area (Å²) in [4.78, 5) is 15.9. The standard InChI is InChI=1S/C13H16ClN3O2S/c1-19-7-6-15-12(18)4-5-16-13-17-10-3-2-9(14)8-11(10)20-13/h2-3,8H,4-7H2,1H3,(H,15,18)(H,16,17). The van der Waals surface area contributed by atoms with E-state index in [9.17, 15) is 4.79 Å². The molecule has 0 unspecified atom stereocenters. The third kappa shape index (κ3) is 4.33. The van der Waals surface area contributed by atoms with E-state index in [1.807, 2.05) is 18.2 Å². The number of fused-ring (bicyclic) bond motifs is 1. The lowest BCUT2D eigenvalue weighted by Gasteiger charge is -2.04. The second-order valence-electron chi connectivity index (χ2n) is 4.15. The number of benzene rings is 1. The molecule has 7 heteroatoms. The number of amides is 1. The van der Waals surface area contributed by atoms with Gasteiger partial charge in [0.15, 0.2) is 5.13 Å². The van der Waals surface area contributed by atoms with E-state index < -0.39 is 0 Å². The van der Waals surface area contributed by atoms with Gasteiger partial charge in [-0.2, -0.15) is 0 Å². The molecule has 2 N–H and O–H groups in total. The molecule has 2 rings (SSSR count). The first kappa shape index (κ1) is 15.0. The van der Waals surface area contributed by atoms with Crippen LogP contribution >= 0.6 is 22.9 Å². The number of ether oxygens (including phenoxy) is 1. The van der Waals surface area contributed by atoms with Gasteiger partial charge in [-0.05, 0) is 18.2 Å². The zero-order chi connectivity index (χ0) is 14.4. The van der Waals surface area contributed by atoms with Crippen LogP contribution in [-0.4, -0.2) is 37.7 Å². The number of thiazole rings is 1. The Bertz CT molecular complexity index is 588. The Kier molecular flexibility index (Phi) is 5.58. The monoisotopic (exact) mass is 313 g/mol. The average Bonchev–Trinajstić information content (AvgIpc) is 2.81. The summed E-state index contributed by atoms with van der Waals surface area (Å²) in [7, 11) is 1.60. The highest BCUT2D eigenvalue weighted by molar-refractivity contribution is 7.22. The maximum absolute atomic E-state index is 11.5. The van der Waals surface area contributed by atoms with Crippen LogP contribution in [0.5, 0.6) is 0 Å². The average molecular weight is 314 g/mol. The fourth-order valence-corrected chi connectivity index (χ4v) is 2.81. The number of hydrogen-bond acceptors (Lipinski definition) is 5. The molecule has 1 heterocycles. The highest BCUT2D eigenvalue weighted by Gasteiger charge is 2.05. The SMILES string of the molecule is COCCNC(=O)CCNc1nc2ccc(Cl)cc2s1. The van der Waals surface area contributed by atoms with E-state index in [-0.39, 0.29) is 5.91 Å². The lowest BCUT2D eigenvalue weighted by Crippen LogP contribution is -2.28. The van der Waals surface area contributed by atoms with Gasteiger partial charge in [0.25, 0.3) is 0 Å². The molecule has 0 radical (unpaired) electrons. The zero-order valence-electron chi connectivity index (χ0n) is 11.1. The molecule has 0 aliphatic carbocycles. The van der Waals surface area contributed by atoms with Gasteiger partial charge in [-0.25, -0.2) is 4.98 Å². The summed E-state index contributed by atoms with van der Waals surface area (Å²) in [5.74, 6) is -0.00120. The summed E-state index contributed by atoms with van der Waals surface area (Å²) in [5.41, 5.74) is 0.909. The third-order valence-electron chi connectivity index (χ3n) is 2.61. The molecule has 5 nitrogen and oxygen atoms in total. The smallest absolute Gasteiger partial charge is 0.221 e. The molecule has 0 bridgehead atoms. The summed E-state index contributed by atoms with van der Waals surface area (Å²) in [6.45, 7) is 1.61. The first-order valence-electron chi connectivity index (χ1n) is 6.24. The third-order valence-corrected chi connectivity index (χ3v) is 3.82. The molecule has 108 valence electrons. The molecule has 2 aromatic rings. The molecular formula is C13H16ClN3O2S. The minimum absolute atomic E-state index is 0.00120. The van der Waals surface area contributed by atoms with Gasteiger partial charge >= 0.3 is 0 Å². The van der Waals surface area contributed by atoms with E-state index in [1.54, 1.807) is 7.11 Å². The van der Waals surface area contributed by atoms with Crippen LogP contribution in [0.2, 0.25) is 5.02 Å². The lowest BCUT2D eigenvalue weighted by atomic mass is 10.3. The Morgan fingerprint density at radius 3 is 3.10 bits per heavy atom. The molecule has 1 aromatic heterocycles. The number of nitrogens with one attached hydrogen (secondary N) is 2. The predicted molar refractivity (Wildman–Crippen MR) is 82.6 cm³/mol. The number of aromatic nitrogens is 1. The van der Waals surface area contributed by atoms with Crippen LogP contribution in [-0.2, 0) is 9.53 Å². The number of anilines is 1. The van der Waals surface area contributed by atoms with Gasteiger partial charge in [0, 0.05) is 31.6 Å². The number of halogens is 1. The van der Waals surface area contributed by atoms with Crippen molar-refractivity contribution in [3.8, 4) is 0 Å². The number of carbonyl (C=O) groups excluding carboxylic acids is 1. The molecule has 0 saturated carbocycles. The van der Waals surface area contributed by atoms with Gasteiger partial charge in [0.05, 0.1) is 16.8 Å². The van der Waals surface area contributed by atoms with Crippen LogP contribution < -0.4 is 10.6 Å². The van der Waals surface area contributed by atoms with Crippen molar-refractivity contribution in [2.45, 2.75) is 6.42 Å². The van der Waals surface area contributed by atoms with Gasteiger partial charge in [-0.1, -0.05) is 22.9 Å². The Balaban J connectivity index is 1.79. The van der Waals surface area contributed by atoms with E-state index >= 15 is 0 Å². The van der Waals surface area contributed by atoms with Crippen molar-refractivity contribution < 1.29 is 9.53 Å². The minimum Gasteiger partial charge on any atom is -0.383 e. The summed E-state index contributed by atoms with van der Waals surface area (Å²) in [6, 6.07) is 5.59. The van der Waals surface area contributed by atoms with E-state index in [0.29, 0.717) is 31.1 Å². The fraction of sp³-hybridized carbons (Fsp3) is 0.385. The van der Waals surface area contributed by atoms with Crippen LogP contribution in [0.3, 0.4) is 0 Å². The second-order valence-corrected chi connectivity index (χ2v) is 5.62. The van der Waals surface area contributed by atoms with Crippen LogP contribution in [0.4, 0.5) is 5.13 Å². The molecular weight excluding hydrogens is 298 g/mol. The number of rotatable bonds is 7. The van der Waals surface area contributed by atoms with Crippen molar-refractivity contribution >= 4 is 44.2 Å². The fourth-order valence-electron chi connectivity index (χ4n) is 1.64. The number of nitrogens with zero attached hydrogens (tertiary/aromatic N) is 1. The van der Waals surface area contributed by atoms with Crippen molar-refractivity contribution in [1.29, 1.82) is 0 Å². The van der Waals surface area contributed by atoms with E-state index in [0.717, 1.165) is 15.3 Å². The van der Waals surface area contributed by atoms with Crippen molar-refractivity contribution in [2.75, 3.05) is 32.1 Å². The van der Waals surface area contributed by atoms with Crippen molar-refractivity contribution in [3.05, 3.63) is 23.2 Å². The molecule has 20 heavy (non-hydrogen) atoms. The highest BCUT2D eigenvalue weighted by Crippen LogP contribution is 2.28. The molecule has 0 saturated heterocycles. The topological polar surface area (TPSA) is 63.2 Å². The van der Waals surface area contributed by atoms with Gasteiger partial charge < -0.3 is 15.4 Å². The van der Waals surface area contributed by atoms with E-state index in [2.05, 4.69) is 15.6 Å². The Labute approximate surface area is 126 Å². The Hall–Kier alpha value is -1.37. The highest BCUT2D eigenvalue weighted by atomic mass is 35.5. The molecule has 0 fully saturated rings. The summed E-state index contributed by atoms with van der Waals surface area (Å²) in [6.07, 6.45) is 0.403. The number of carbonyl (C=O) groups is 1. The molecule has 0 spiro atoms. The summed E-state index contributed by atoms with van der Waals surface area (Å²) >= 11 is 7.46. The van der Waals surface area contributed by atoms with Gasteiger partial charge in [0.2, 0.25) is 5.91 Å². The first-order valence-corrected chi connectivity index (χ1v) is 7.44. The molecule has 0 aliphatic heterocycles. The summed E-state index contributed by atoms with van der Waals surface area (Å²) in [5, 5.41) is 7.41. The van der Waals surface area contributed by atoms with Crippen LogP contribution in [0.15, 0.2) is 18.2 Å². The van der Waals surface area contributed by atoms with Crippen LogP contribution in [0.25, 0.3) is 10.2 Å². The number of hydrogen-bond donors (Lipinski definition) is 2. The Morgan fingerprint density at radius 2 is 2.30 bits per heavy atom. The first-order chi connectivity index (χ1) is 9.69. The molecule has 1 aromatic carbocycles. The quantitative estimate of drug-likeness (QED) is 0.771. The van der Waals surface area contributed by atoms with Crippen LogP contribution in [0, 0.1) is 0 Å². The Morgan fingerprint density at radius 1 is 1.45 bits per heavy atom. The normalized spacial score (nSPS) is 10.7. The van der Waals surface area contributed by atoms with Gasteiger partial charge in [0.1, 0.15) is 0 Å². The molecule has 0 aliphatic rings. The number of methoxy groups -OCH3 is 1. The summed E-state index contributed by atoms with van der Waals surface area (Å²) < 4.78 is 5.89. The van der Waals surface area contributed by atoms with Gasteiger partial charge in [-0.15, -0.1) is 0 Å². The predicted octanol–water partition coefficient (Wildman–Crippen LogP) is 2.51. The molecule has 0 atom stereocenters. The lowest BCUT2D eigenvalue weighted by molar-refractivity contribution is -0.121. The van der Waals surface area contributed by atoms with Crippen LogP contribution in [0.1, 0.15) is 6.42 Å². The molecule has 1 amide bonds. The van der Waals surface area contributed by atoms with Crippen molar-refractivity contribution in [1.82, 2.24) is 10.3 Å². The van der Waals surface area contributed by atoms with Crippen molar-refractivity contribution in [2.24, 2.45) is 0 Å². The minimum atomic E-state index is -0.00120. The zero-order valence-corrected chi connectivity index (χ0v) is 12.7. The van der Waals surface area contributed by atoms with E-state index in [1.165, 1.54) is 11.3 Å². The van der Waals surface area contributed by atoms with E-state index in [4.69, 9.17) is 16.3 Å². The maximum Gasteiger partial charge on any atom is 0.221 e. The second kappa shape index (κ2) is 7.42. The van der Waals surface area contributed by atoms with Gasteiger partial charge in [-0.3, -0.25) is 4.79 Å². The largest absolute Gasteiger partial charge is 0.383 e.